The molecule has 0 amide bonds. The van der Waals surface area contributed by atoms with Crippen molar-refractivity contribution < 1.29 is 9.84 Å². The van der Waals surface area contributed by atoms with Crippen LogP contribution >= 0.6 is 27.3 Å². The minimum Gasteiger partial charge on any atom is -0.497 e. The lowest BCUT2D eigenvalue weighted by Crippen LogP contribution is -2.13. The lowest BCUT2D eigenvalue weighted by Gasteiger charge is -2.09. The highest BCUT2D eigenvalue weighted by atomic mass is 79.9. The molecular weight excluding hydrogens is 312 g/mol. The van der Waals surface area contributed by atoms with Crippen LogP contribution in [-0.2, 0) is 12.8 Å². The molecule has 96 valence electrons. The molecule has 1 aromatic carbocycles. The zero-order valence-corrected chi connectivity index (χ0v) is 12.5. The average molecular weight is 327 g/mol. The van der Waals surface area contributed by atoms with Crippen molar-refractivity contribution in [1.82, 2.24) is 0 Å². The van der Waals surface area contributed by atoms with E-state index < -0.39 is 0 Å². The number of methoxy groups -OCH3 is 1. The van der Waals surface area contributed by atoms with Crippen molar-refractivity contribution in [2.75, 3.05) is 7.11 Å². The molecule has 0 aliphatic carbocycles. The SMILES string of the molecule is COc1ccc(CC(O)Cc2ccc(Br)s2)cc1. The molecule has 2 aromatic rings. The first-order chi connectivity index (χ1) is 8.67. The first-order valence-corrected chi connectivity index (χ1v) is 7.33. The summed E-state index contributed by atoms with van der Waals surface area (Å²) in [4.78, 5) is 1.20. The molecule has 0 saturated heterocycles. The van der Waals surface area contributed by atoms with E-state index in [4.69, 9.17) is 4.74 Å². The van der Waals surface area contributed by atoms with Gasteiger partial charge in [0.15, 0.2) is 0 Å². The molecule has 1 atom stereocenters. The van der Waals surface area contributed by atoms with Crippen LogP contribution in [0.1, 0.15) is 10.4 Å². The van der Waals surface area contributed by atoms with Crippen molar-refractivity contribution in [2.45, 2.75) is 18.9 Å². The molecule has 1 N–H and O–H groups in total. The van der Waals surface area contributed by atoms with E-state index in [1.165, 1.54) is 4.88 Å². The van der Waals surface area contributed by atoms with Crippen LogP contribution in [-0.4, -0.2) is 18.3 Å². The Labute approximate surface area is 119 Å². The van der Waals surface area contributed by atoms with E-state index in [1.54, 1.807) is 18.4 Å². The fourth-order valence-corrected chi connectivity index (χ4v) is 3.35. The van der Waals surface area contributed by atoms with Crippen molar-refractivity contribution in [1.29, 1.82) is 0 Å². The van der Waals surface area contributed by atoms with Crippen LogP contribution < -0.4 is 4.74 Å². The molecule has 0 saturated carbocycles. The van der Waals surface area contributed by atoms with Gasteiger partial charge >= 0.3 is 0 Å². The summed E-state index contributed by atoms with van der Waals surface area (Å²) in [6.07, 6.45) is 1.02. The quantitative estimate of drug-likeness (QED) is 0.908. The van der Waals surface area contributed by atoms with E-state index in [9.17, 15) is 5.11 Å². The Bertz CT molecular complexity index is 493. The van der Waals surface area contributed by atoms with Crippen LogP contribution in [0.5, 0.6) is 5.75 Å². The molecule has 0 bridgehead atoms. The standard InChI is InChI=1S/C14H15BrO2S/c1-17-12-4-2-10(3-5-12)8-11(16)9-13-6-7-14(15)18-13/h2-7,11,16H,8-9H2,1H3. The van der Waals surface area contributed by atoms with Crippen LogP contribution in [0.15, 0.2) is 40.2 Å². The van der Waals surface area contributed by atoms with Gasteiger partial charge in [-0.15, -0.1) is 11.3 Å². The normalized spacial score (nSPS) is 12.4. The molecule has 0 radical (unpaired) electrons. The second kappa shape index (κ2) is 6.36. The Morgan fingerprint density at radius 1 is 1.17 bits per heavy atom. The van der Waals surface area contributed by atoms with Gasteiger partial charge in [-0.3, -0.25) is 0 Å². The molecule has 2 nitrogen and oxygen atoms in total. The van der Waals surface area contributed by atoms with Gasteiger partial charge in [0.25, 0.3) is 0 Å². The van der Waals surface area contributed by atoms with Crippen molar-refractivity contribution in [3.8, 4) is 5.75 Å². The van der Waals surface area contributed by atoms with Gasteiger partial charge in [-0.05, 0) is 52.2 Å². The number of halogens is 1. The lowest BCUT2D eigenvalue weighted by atomic mass is 10.1. The first-order valence-electron chi connectivity index (χ1n) is 5.72. The Hall–Kier alpha value is -0.840. The van der Waals surface area contributed by atoms with Crippen molar-refractivity contribution in [3.63, 3.8) is 0 Å². The molecule has 1 aromatic heterocycles. The van der Waals surface area contributed by atoms with Crippen LogP contribution in [0.3, 0.4) is 0 Å². The van der Waals surface area contributed by atoms with E-state index in [-0.39, 0.29) is 6.10 Å². The highest BCUT2D eigenvalue weighted by Gasteiger charge is 2.08. The Morgan fingerprint density at radius 3 is 2.44 bits per heavy atom. The number of aliphatic hydroxyl groups is 1. The third-order valence-corrected chi connectivity index (χ3v) is 4.34. The molecule has 0 aliphatic rings. The average Bonchev–Trinajstić information content (AvgIpc) is 2.75. The smallest absolute Gasteiger partial charge is 0.118 e. The van der Waals surface area contributed by atoms with E-state index in [0.717, 1.165) is 15.1 Å². The third-order valence-electron chi connectivity index (χ3n) is 2.70. The predicted octanol–water partition coefficient (Wildman–Crippen LogP) is 3.67. The lowest BCUT2D eigenvalue weighted by molar-refractivity contribution is 0.176. The van der Waals surface area contributed by atoms with Gasteiger partial charge in [-0.1, -0.05) is 12.1 Å². The Balaban J connectivity index is 1.91. The van der Waals surface area contributed by atoms with Gasteiger partial charge in [0, 0.05) is 11.3 Å². The van der Waals surface area contributed by atoms with Gasteiger partial charge in [-0.2, -0.15) is 0 Å². The summed E-state index contributed by atoms with van der Waals surface area (Å²) in [5, 5.41) is 10.1. The largest absolute Gasteiger partial charge is 0.497 e. The predicted molar refractivity (Wildman–Crippen MR) is 78.4 cm³/mol. The number of benzene rings is 1. The summed E-state index contributed by atoms with van der Waals surface area (Å²) in [7, 11) is 1.65. The molecular formula is C14H15BrO2S. The zero-order valence-electron chi connectivity index (χ0n) is 10.1. The summed E-state index contributed by atoms with van der Waals surface area (Å²) in [5.41, 5.74) is 1.12. The third kappa shape index (κ3) is 3.83. The summed E-state index contributed by atoms with van der Waals surface area (Å²) in [5.74, 6) is 0.843. The fraction of sp³-hybridized carbons (Fsp3) is 0.286. The van der Waals surface area contributed by atoms with Gasteiger partial charge in [-0.25, -0.2) is 0 Å². The number of ether oxygens (including phenoxy) is 1. The van der Waals surface area contributed by atoms with E-state index in [2.05, 4.69) is 15.9 Å². The summed E-state index contributed by atoms with van der Waals surface area (Å²) in [6.45, 7) is 0. The molecule has 0 fully saturated rings. The minimum atomic E-state index is -0.344. The van der Waals surface area contributed by atoms with E-state index in [1.807, 2.05) is 36.4 Å². The summed E-state index contributed by atoms with van der Waals surface area (Å²) < 4.78 is 6.21. The van der Waals surface area contributed by atoms with Crippen LogP contribution in [0, 0.1) is 0 Å². The van der Waals surface area contributed by atoms with Crippen LogP contribution in [0.4, 0.5) is 0 Å². The van der Waals surface area contributed by atoms with Gasteiger partial charge < -0.3 is 9.84 Å². The Kier molecular flexibility index (Phi) is 4.80. The van der Waals surface area contributed by atoms with Crippen molar-refractivity contribution in [3.05, 3.63) is 50.6 Å². The number of aliphatic hydroxyl groups excluding tert-OH is 1. The minimum absolute atomic E-state index is 0.344. The van der Waals surface area contributed by atoms with Crippen LogP contribution in [0.2, 0.25) is 0 Å². The van der Waals surface area contributed by atoms with Gasteiger partial charge in [0.05, 0.1) is 17.0 Å². The second-order valence-electron chi connectivity index (χ2n) is 4.12. The molecule has 2 rings (SSSR count). The number of thiophene rings is 1. The monoisotopic (exact) mass is 326 g/mol. The highest BCUT2D eigenvalue weighted by Crippen LogP contribution is 2.24. The fourth-order valence-electron chi connectivity index (χ4n) is 1.80. The van der Waals surface area contributed by atoms with Crippen molar-refractivity contribution >= 4 is 27.3 Å². The van der Waals surface area contributed by atoms with Crippen LogP contribution in [0.25, 0.3) is 0 Å². The molecule has 18 heavy (non-hydrogen) atoms. The highest BCUT2D eigenvalue weighted by molar-refractivity contribution is 9.11. The summed E-state index contributed by atoms with van der Waals surface area (Å²) in [6, 6.07) is 11.9. The maximum atomic E-state index is 10.1. The maximum Gasteiger partial charge on any atom is 0.118 e. The van der Waals surface area contributed by atoms with Gasteiger partial charge in [0.2, 0.25) is 0 Å². The van der Waals surface area contributed by atoms with E-state index >= 15 is 0 Å². The molecule has 4 heteroatoms. The molecule has 1 heterocycles. The number of rotatable bonds is 5. The zero-order chi connectivity index (χ0) is 13.0. The first kappa shape index (κ1) is 13.6. The summed E-state index contributed by atoms with van der Waals surface area (Å²) >= 11 is 5.10. The molecule has 0 aliphatic heterocycles. The molecule has 1 unspecified atom stereocenters. The molecule has 0 spiro atoms. The van der Waals surface area contributed by atoms with Gasteiger partial charge in [0.1, 0.15) is 5.75 Å². The maximum absolute atomic E-state index is 10.1. The number of hydrogen-bond donors (Lipinski definition) is 1. The topological polar surface area (TPSA) is 29.5 Å². The van der Waals surface area contributed by atoms with E-state index in [0.29, 0.717) is 12.8 Å². The van der Waals surface area contributed by atoms with Crippen molar-refractivity contribution in [2.24, 2.45) is 0 Å². The Morgan fingerprint density at radius 2 is 1.89 bits per heavy atom. The number of hydrogen-bond acceptors (Lipinski definition) is 3. The second-order valence-corrected chi connectivity index (χ2v) is 6.66.